The number of hydrogen-bond acceptors (Lipinski definition) is 4. The van der Waals surface area contributed by atoms with E-state index in [-0.39, 0.29) is 5.69 Å². The van der Waals surface area contributed by atoms with Crippen molar-refractivity contribution >= 4 is 33.7 Å². The van der Waals surface area contributed by atoms with Crippen LogP contribution in [0.3, 0.4) is 0 Å². The van der Waals surface area contributed by atoms with Crippen LogP contribution in [0.5, 0.6) is 0 Å². The summed E-state index contributed by atoms with van der Waals surface area (Å²) in [6.45, 7) is 7.49. The molecule has 2 heterocycles. The fourth-order valence-corrected chi connectivity index (χ4v) is 7.91. The molecule has 0 N–H and O–H groups in total. The monoisotopic (exact) mass is 722 g/mol. The summed E-state index contributed by atoms with van der Waals surface area (Å²) >= 11 is 0. The van der Waals surface area contributed by atoms with Crippen LogP contribution in [-0.4, -0.2) is 30.6 Å². The Morgan fingerprint density at radius 2 is 1.15 bits per heavy atom. The van der Waals surface area contributed by atoms with E-state index in [1.807, 2.05) is 18.6 Å². The number of rotatable bonds is 10. The third kappa shape index (κ3) is 8.06. The van der Waals surface area contributed by atoms with Crippen molar-refractivity contribution in [2.75, 3.05) is 0 Å². The number of benzene rings is 6. The zero-order valence-electron chi connectivity index (χ0n) is 31.3. The second-order valence-corrected chi connectivity index (χ2v) is 14.1. The lowest BCUT2D eigenvalue weighted by Crippen LogP contribution is -2.74. The van der Waals surface area contributed by atoms with Gasteiger partial charge in [0.25, 0.3) is 5.69 Å². The van der Waals surface area contributed by atoms with E-state index in [9.17, 15) is 10.1 Å². The topological polar surface area (TPSA) is 82.7 Å². The Morgan fingerprint density at radius 3 is 1.60 bits per heavy atom. The van der Waals surface area contributed by atoms with Crippen molar-refractivity contribution in [3.8, 4) is 5.69 Å². The number of nitrogens with zero attached hydrogens (tertiary/aromatic N) is 6. The minimum Gasteiger partial charge on any atom is -0.258 e. The van der Waals surface area contributed by atoms with Crippen molar-refractivity contribution in [3.63, 3.8) is 0 Å². The first-order valence-electron chi connectivity index (χ1n) is 18.5. The van der Waals surface area contributed by atoms with Crippen LogP contribution in [-0.2, 0) is 13.1 Å². The first kappa shape index (κ1) is 36.5. The molecule has 0 amide bonds. The fourth-order valence-electron chi connectivity index (χ4n) is 7.91. The molecule has 2 aromatic heterocycles. The zero-order chi connectivity index (χ0) is 38.2. The molecule has 9 heteroatoms. The third-order valence-corrected chi connectivity index (χ3v) is 10.2. The molecule has 8 nitrogen and oxygen atoms in total. The summed E-state index contributed by atoms with van der Waals surface area (Å²) in [6.07, 6.45) is 6.81. The van der Waals surface area contributed by atoms with Gasteiger partial charge in [0.2, 0.25) is 6.33 Å². The number of imidazole rings is 1. The van der Waals surface area contributed by atoms with Gasteiger partial charge in [0.1, 0.15) is 36.5 Å². The highest BCUT2D eigenvalue weighted by Crippen LogP contribution is 2.20. The Bertz CT molecular complexity index is 2300. The van der Waals surface area contributed by atoms with Crippen molar-refractivity contribution in [2.24, 2.45) is 0 Å². The van der Waals surface area contributed by atoms with E-state index in [4.69, 9.17) is 0 Å². The second-order valence-electron chi connectivity index (χ2n) is 14.1. The lowest BCUT2D eigenvalue weighted by Gasteiger charge is -2.44. The Morgan fingerprint density at radius 1 is 0.673 bits per heavy atom. The minimum atomic E-state index is -1.22. The van der Waals surface area contributed by atoms with Crippen molar-refractivity contribution in [2.45, 2.75) is 33.9 Å². The van der Waals surface area contributed by atoms with Gasteiger partial charge >= 0.3 is 0 Å². The molecule has 0 bridgehead atoms. The van der Waals surface area contributed by atoms with Gasteiger partial charge in [0, 0.05) is 12.1 Å². The van der Waals surface area contributed by atoms with Crippen LogP contribution in [0.1, 0.15) is 27.9 Å². The quantitative estimate of drug-likeness (QED) is 0.0714. The molecule has 0 saturated heterocycles. The smallest absolute Gasteiger partial charge is 0.258 e. The minimum absolute atomic E-state index is 0.0815. The summed E-state index contributed by atoms with van der Waals surface area (Å²) in [7, 11) is 0. The van der Waals surface area contributed by atoms with E-state index in [1.54, 1.807) is 16.8 Å². The first-order chi connectivity index (χ1) is 26.8. The maximum atomic E-state index is 10.8. The molecule has 55 heavy (non-hydrogen) atoms. The van der Waals surface area contributed by atoms with Gasteiger partial charge in [-0.3, -0.25) is 10.1 Å². The van der Waals surface area contributed by atoms with Crippen LogP contribution in [0, 0.1) is 30.9 Å². The number of nitro groups is 1. The molecule has 8 rings (SSSR count). The number of hydrogen-bond donors (Lipinski definition) is 0. The highest BCUT2D eigenvalue weighted by molar-refractivity contribution is 7.19. The molecule has 0 atom stereocenters. The third-order valence-electron chi connectivity index (χ3n) is 10.2. The normalized spacial score (nSPS) is 11.1. The highest BCUT2D eigenvalue weighted by atomic mass is 16.6. The number of aromatic nitrogens is 5. The van der Waals surface area contributed by atoms with Gasteiger partial charge < -0.3 is 0 Å². The molecule has 272 valence electrons. The van der Waals surface area contributed by atoms with E-state index < -0.39 is 11.1 Å². The second kappa shape index (κ2) is 16.4. The molecule has 0 aliphatic carbocycles. The molecule has 0 aliphatic rings. The first-order valence-corrected chi connectivity index (χ1v) is 18.5. The van der Waals surface area contributed by atoms with Crippen LogP contribution < -0.4 is 26.4 Å². The maximum absolute atomic E-state index is 10.8. The lowest BCUT2D eigenvalue weighted by molar-refractivity contribution is -0.688. The molecule has 0 spiro atoms. The molecule has 0 aliphatic heterocycles. The van der Waals surface area contributed by atoms with Gasteiger partial charge in [-0.1, -0.05) is 156 Å². The maximum Gasteiger partial charge on any atom is 0.269 e. The number of non-ortho nitro benzene ring substituents is 1. The van der Waals surface area contributed by atoms with Crippen molar-refractivity contribution < 1.29 is 9.49 Å². The van der Waals surface area contributed by atoms with Crippen LogP contribution in [0.2, 0.25) is 0 Å². The van der Waals surface area contributed by atoms with Gasteiger partial charge in [0.05, 0.1) is 17.7 Å². The average molecular weight is 723 g/mol. The van der Waals surface area contributed by atoms with E-state index in [0.717, 1.165) is 11.3 Å². The molecular formula is C46H43BN6O2. The Hall–Kier alpha value is -6.87. The molecule has 8 aromatic rings. The van der Waals surface area contributed by atoms with Gasteiger partial charge in [-0.05, 0) is 37.5 Å². The summed E-state index contributed by atoms with van der Waals surface area (Å²) < 4.78 is 5.94. The van der Waals surface area contributed by atoms with E-state index in [2.05, 4.69) is 180 Å². The molecular weight excluding hydrogens is 679 g/mol. The van der Waals surface area contributed by atoms with Crippen LogP contribution in [0.15, 0.2) is 183 Å². The Balaban J connectivity index is 0.000000172. The van der Waals surface area contributed by atoms with Crippen molar-refractivity contribution in [1.29, 1.82) is 0 Å². The number of nitro benzene ring substituents is 1. The summed E-state index contributed by atoms with van der Waals surface area (Å²) in [5.41, 5.74) is 12.2. The van der Waals surface area contributed by atoms with Gasteiger partial charge in [0.15, 0.2) is 0 Å². The number of aryl methyl sites for hydroxylation is 3. The standard InChI is InChI=1S/C24H20B.C22H23N6O2/c1-5-13-21(14-6-1)25(22-15-7-2-8-16-22,23-17-9-3-10-18-23)24-19-11-4-12-20-24;1-16-10-17(2)22(18(3)11-16)26-9-8-25(15-26)13-20-14-27(24-23-20)12-19-4-6-21(7-5-19)28(29)30/h1-20H;4-11,14-15H,12-13H2,1-3H3/q-1;+1. The molecule has 0 fully saturated rings. The van der Waals surface area contributed by atoms with Crippen molar-refractivity contribution in [3.05, 3.63) is 221 Å². The van der Waals surface area contributed by atoms with E-state index in [0.29, 0.717) is 13.1 Å². The molecule has 0 saturated carbocycles. The Kier molecular flexibility index (Phi) is 10.9. The summed E-state index contributed by atoms with van der Waals surface area (Å²) in [5, 5.41) is 19.2. The van der Waals surface area contributed by atoms with Crippen molar-refractivity contribution in [1.82, 2.24) is 19.6 Å². The fraction of sp³-hybridized carbons (Fsp3) is 0.109. The zero-order valence-corrected chi connectivity index (χ0v) is 31.3. The van der Waals surface area contributed by atoms with Crippen LogP contribution >= 0.6 is 0 Å². The van der Waals surface area contributed by atoms with Crippen LogP contribution in [0.25, 0.3) is 5.69 Å². The summed E-state index contributed by atoms with van der Waals surface area (Å²) in [4.78, 5) is 10.4. The largest absolute Gasteiger partial charge is 0.269 e. The predicted octanol–water partition coefficient (Wildman–Crippen LogP) is 6.35. The average Bonchev–Trinajstić information content (AvgIpc) is 3.86. The molecule has 0 unspecified atom stereocenters. The van der Waals surface area contributed by atoms with E-state index in [1.165, 1.54) is 56.4 Å². The molecule has 0 radical (unpaired) electrons. The summed E-state index contributed by atoms with van der Waals surface area (Å²) in [6, 6.07) is 54.4. The molecule has 6 aromatic carbocycles. The Labute approximate surface area is 322 Å². The van der Waals surface area contributed by atoms with Gasteiger partial charge in [-0.25, -0.2) is 13.8 Å². The SMILES string of the molecule is Cc1cc(C)c(-n2cc[n+](Cc3cn(Cc4ccc([N+](=O)[O-])cc4)nn3)c2)c(C)c1.c1ccc([B-](c2ccccc2)(c2ccccc2)c2ccccc2)cc1. The van der Waals surface area contributed by atoms with E-state index >= 15 is 0 Å². The highest BCUT2D eigenvalue weighted by Gasteiger charge is 2.31. The summed E-state index contributed by atoms with van der Waals surface area (Å²) in [5.74, 6) is 0. The predicted molar refractivity (Wildman–Crippen MR) is 222 cm³/mol. The van der Waals surface area contributed by atoms with Crippen LogP contribution in [0.4, 0.5) is 5.69 Å². The van der Waals surface area contributed by atoms with Gasteiger partial charge in [-0.2, -0.15) is 21.9 Å². The lowest BCUT2D eigenvalue weighted by atomic mass is 9.13. The van der Waals surface area contributed by atoms with Gasteiger partial charge in [-0.15, -0.1) is 5.10 Å².